The number of rotatable bonds is 5. The van der Waals surface area contributed by atoms with E-state index in [1.54, 1.807) is 0 Å². The zero-order valence-electron chi connectivity index (χ0n) is 12.9. The topological polar surface area (TPSA) is 44.0 Å². The third kappa shape index (κ3) is 3.27. The first-order valence-electron chi connectivity index (χ1n) is 7.79. The summed E-state index contributed by atoms with van der Waals surface area (Å²) < 4.78 is 0. The molecule has 4 heteroatoms. The fourth-order valence-electron chi connectivity index (χ4n) is 2.97. The van der Waals surface area contributed by atoms with E-state index in [9.17, 15) is 0 Å². The fourth-order valence-corrected chi connectivity index (χ4v) is 2.97. The molecule has 0 unspecified atom stereocenters. The third-order valence-corrected chi connectivity index (χ3v) is 4.32. The van der Waals surface area contributed by atoms with Crippen LogP contribution in [0.2, 0.25) is 0 Å². The Kier molecular flexibility index (Phi) is 4.25. The second-order valence-corrected chi connectivity index (χ2v) is 5.88. The Labute approximate surface area is 126 Å². The van der Waals surface area contributed by atoms with Gasteiger partial charge in [-0.05, 0) is 44.4 Å². The first kappa shape index (κ1) is 14.1. The van der Waals surface area contributed by atoms with Crippen molar-refractivity contribution < 1.29 is 0 Å². The van der Waals surface area contributed by atoms with Gasteiger partial charge in [-0.3, -0.25) is 5.10 Å². The summed E-state index contributed by atoms with van der Waals surface area (Å²) in [6, 6.07) is 8.96. The molecule has 0 bridgehead atoms. The predicted molar refractivity (Wildman–Crippen MR) is 86.5 cm³/mol. The minimum Gasteiger partial charge on any atom is -0.372 e. The highest BCUT2D eigenvalue weighted by atomic mass is 15.1. The number of nitrogens with zero attached hydrogens (tertiary/aromatic N) is 2. The zero-order chi connectivity index (χ0) is 14.7. The third-order valence-electron chi connectivity index (χ3n) is 4.32. The molecule has 1 aliphatic heterocycles. The lowest BCUT2D eigenvalue weighted by Crippen LogP contribution is -2.17. The van der Waals surface area contributed by atoms with Crippen molar-refractivity contribution in [2.75, 3.05) is 18.0 Å². The maximum Gasteiger partial charge on any atom is 0.0638 e. The molecule has 0 radical (unpaired) electrons. The molecule has 4 nitrogen and oxygen atoms in total. The van der Waals surface area contributed by atoms with E-state index in [4.69, 9.17) is 0 Å². The molecular formula is C17H24N4. The van der Waals surface area contributed by atoms with Gasteiger partial charge in [0.2, 0.25) is 0 Å². The minimum absolute atomic E-state index is 0.863. The van der Waals surface area contributed by atoms with Crippen LogP contribution in [0.5, 0.6) is 0 Å². The van der Waals surface area contributed by atoms with Gasteiger partial charge >= 0.3 is 0 Å². The van der Waals surface area contributed by atoms with Crippen LogP contribution in [0.3, 0.4) is 0 Å². The van der Waals surface area contributed by atoms with E-state index in [0.717, 1.165) is 24.5 Å². The normalized spacial score (nSPS) is 14.9. The van der Waals surface area contributed by atoms with E-state index >= 15 is 0 Å². The van der Waals surface area contributed by atoms with Crippen LogP contribution in [0.4, 0.5) is 5.69 Å². The fraction of sp³-hybridized carbons (Fsp3) is 0.471. The number of aryl methyl sites for hydroxylation is 2. The van der Waals surface area contributed by atoms with Crippen molar-refractivity contribution in [2.24, 2.45) is 0 Å². The first-order chi connectivity index (χ1) is 10.2. The van der Waals surface area contributed by atoms with Gasteiger partial charge in [0, 0.05) is 43.1 Å². The molecule has 2 N–H and O–H groups in total. The number of H-pyrrole nitrogens is 1. The van der Waals surface area contributed by atoms with Crippen molar-refractivity contribution >= 4 is 5.69 Å². The Morgan fingerprint density at radius 1 is 1.10 bits per heavy atom. The van der Waals surface area contributed by atoms with Crippen LogP contribution in [-0.4, -0.2) is 23.3 Å². The van der Waals surface area contributed by atoms with Gasteiger partial charge in [-0.1, -0.05) is 12.1 Å². The molecule has 21 heavy (non-hydrogen) atoms. The summed E-state index contributed by atoms with van der Waals surface area (Å²) in [4.78, 5) is 2.47. The van der Waals surface area contributed by atoms with E-state index in [1.165, 1.54) is 42.7 Å². The van der Waals surface area contributed by atoms with Gasteiger partial charge in [-0.25, -0.2) is 0 Å². The molecule has 0 spiro atoms. The summed E-state index contributed by atoms with van der Waals surface area (Å²) in [5, 5.41) is 10.8. The number of aromatic nitrogens is 2. The smallest absolute Gasteiger partial charge is 0.0638 e. The largest absolute Gasteiger partial charge is 0.372 e. The first-order valence-corrected chi connectivity index (χ1v) is 7.79. The summed E-state index contributed by atoms with van der Waals surface area (Å²) >= 11 is 0. The highest BCUT2D eigenvalue weighted by molar-refractivity contribution is 5.48. The minimum atomic E-state index is 0.863. The van der Waals surface area contributed by atoms with Crippen LogP contribution in [-0.2, 0) is 13.1 Å². The van der Waals surface area contributed by atoms with Crippen LogP contribution in [0.25, 0.3) is 0 Å². The lowest BCUT2D eigenvalue weighted by molar-refractivity contribution is 0.688. The Morgan fingerprint density at radius 2 is 1.81 bits per heavy atom. The molecule has 1 aromatic heterocycles. The van der Waals surface area contributed by atoms with Crippen molar-refractivity contribution in [3.63, 3.8) is 0 Å². The lowest BCUT2D eigenvalue weighted by Gasteiger charge is -2.17. The van der Waals surface area contributed by atoms with Gasteiger partial charge in [-0.2, -0.15) is 5.10 Å². The molecule has 0 saturated carbocycles. The molecule has 2 aromatic rings. The Balaban J connectivity index is 1.53. The predicted octanol–water partition coefficient (Wildman–Crippen LogP) is 2.92. The Hall–Kier alpha value is -1.81. The van der Waals surface area contributed by atoms with Crippen molar-refractivity contribution in [3.05, 3.63) is 46.8 Å². The van der Waals surface area contributed by atoms with Crippen LogP contribution < -0.4 is 10.2 Å². The van der Waals surface area contributed by atoms with E-state index in [0.29, 0.717) is 0 Å². The number of hydrogen-bond donors (Lipinski definition) is 2. The van der Waals surface area contributed by atoms with E-state index in [2.05, 4.69) is 51.6 Å². The van der Waals surface area contributed by atoms with Crippen molar-refractivity contribution in [1.82, 2.24) is 15.5 Å². The number of nitrogens with one attached hydrogen (secondary N) is 2. The maximum absolute atomic E-state index is 4.23. The van der Waals surface area contributed by atoms with Gasteiger partial charge < -0.3 is 10.2 Å². The number of benzene rings is 1. The van der Waals surface area contributed by atoms with Gasteiger partial charge in [0.25, 0.3) is 0 Å². The van der Waals surface area contributed by atoms with E-state index in [1.807, 2.05) is 6.92 Å². The van der Waals surface area contributed by atoms with Crippen LogP contribution in [0, 0.1) is 13.8 Å². The van der Waals surface area contributed by atoms with E-state index < -0.39 is 0 Å². The molecule has 1 fully saturated rings. The van der Waals surface area contributed by atoms with Gasteiger partial charge in [0.15, 0.2) is 0 Å². The average molecular weight is 284 g/mol. The lowest BCUT2D eigenvalue weighted by atomic mass is 10.1. The SMILES string of the molecule is Cc1n[nH]c(C)c1CNCc1ccc(N2CCCC2)cc1. The van der Waals surface area contributed by atoms with Crippen LogP contribution >= 0.6 is 0 Å². The quantitative estimate of drug-likeness (QED) is 0.887. The summed E-state index contributed by atoms with van der Waals surface area (Å²) in [7, 11) is 0. The van der Waals surface area contributed by atoms with Crippen molar-refractivity contribution in [3.8, 4) is 0 Å². The average Bonchev–Trinajstić information content (AvgIpc) is 3.13. The molecule has 1 aromatic carbocycles. The van der Waals surface area contributed by atoms with Gasteiger partial charge in [0.05, 0.1) is 5.69 Å². The number of anilines is 1. The highest BCUT2D eigenvalue weighted by Crippen LogP contribution is 2.20. The van der Waals surface area contributed by atoms with Crippen LogP contribution in [0.1, 0.15) is 35.4 Å². The molecule has 0 aliphatic carbocycles. The van der Waals surface area contributed by atoms with Crippen molar-refractivity contribution in [1.29, 1.82) is 0 Å². The maximum atomic E-state index is 4.23. The number of hydrogen-bond acceptors (Lipinski definition) is 3. The molecule has 1 aliphatic rings. The van der Waals surface area contributed by atoms with E-state index in [-0.39, 0.29) is 0 Å². The second kappa shape index (κ2) is 6.31. The molecule has 0 amide bonds. The molecular weight excluding hydrogens is 260 g/mol. The number of aromatic amines is 1. The van der Waals surface area contributed by atoms with Gasteiger partial charge in [0.1, 0.15) is 0 Å². The Bertz CT molecular complexity index is 560. The molecule has 112 valence electrons. The second-order valence-electron chi connectivity index (χ2n) is 5.88. The molecule has 3 rings (SSSR count). The van der Waals surface area contributed by atoms with Gasteiger partial charge in [-0.15, -0.1) is 0 Å². The molecule has 2 heterocycles. The monoisotopic (exact) mass is 284 g/mol. The van der Waals surface area contributed by atoms with Crippen molar-refractivity contribution in [2.45, 2.75) is 39.8 Å². The molecule has 0 atom stereocenters. The van der Waals surface area contributed by atoms with Crippen LogP contribution in [0.15, 0.2) is 24.3 Å². The summed E-state index contributed by atoms with van der Waals surface area (Å²) in [6.07, 6.45) is 2.65. The summed E-state index contributed by atoms with van der Waals surface area (Å²) in [5.74, 6) is 0. The summed E-state index contributed by atoms with van der Waals surface area (Å²) in [5.41, 5.74) is 6.21. The highest BCUT2D eigenvalue weighted by Gasteiger charge is 2.11. The zero-order valence-corrected chi connectivity index (χ0v) is 12.9. The molecule has 1 saturated heterocycles. The standard InChI is InChI=1S/C17H24N4/c1-13-17(14(2)20-19-13)12-18-11-15-5-7-16(8-6-15)21-9-3-4-10-21/h5-8,18H,3-4,9-12H2,1-2H3,(H,19,20). The summed E-state index contributed by atoms with van der Waals surface area (Å²) in [6.45, 7) is 8.28. The Morgan fingerprint density at radius 3 is 2.43 bits per heavy atom.